The van der Waals surface area contributed by atoms with E-state index in [1.807, 2.05) is 0 Å². The van der Waals surface area contributed by atoms with Gasteiger partial charge in [-0.15, -0.1) is 0 Å². The Morgan fingerprint density at radius 3 is 2.16 bits per heavy atom. The van der Waals surface area contributed by atoms with E-state index in [4.69, 9.17) is 13.8 Å². The number of hydrogen-bond donors (Lipinski definition) is 4. The molecule has 4 N–H and O–H groups in total. The summed E-state index contributed by atoms with van der Waals surface area (Å²) in [5.41, 5.74) is 0. The Labute approximate surface area is 108 Å². The van der Waals surface area contributed by atoms with Gasteiger partial charge in [0.2, 0.25) is 0 Å². The van der Waals surface area contributed by atoms with Gasteiger partial charge in [0.15, 0.2) is 0 Å². The topological polar surface area (TPSA) is 177 Å². The summed E-state index contributed by atoms with van der Waals surface area (Å²) in [6, 6.07) is 0. The molecular formula is C6H12O11S2. The molecule has 13 heteroatoms. The van der Waals surface area contributed by atoms with Crippen molar-refractivity contribution in [3.63, 3.8) is 0 Å². The molecule has 0 radical (unpaired) electrons. The molecule has 0 aliphatic carbocycles. The maximum absolute atomic E-state index is 10.5. The van der Waals surface area contributed by atoms with Gasteiger partial charge < -0.3 is 14.9 Å². The largest absolute Gasteiger partial charge is 0.397 e. The van der Waals surface area contributed by atoms with Crippen molar-refractivity contribution in [1.82, 2.24) is 0 Å². The molecule has 0 aromatic rings. The van der Waals surface area contributed by atoms with Gasteiger partial charge in [-0.1, -0.05) is 0 Å². The summed E-state index contributed by atoms with van der Waals surface area (Å²) in [7, 11) is -9.72. The molecule has 0 bridgehead atoms. The van der Waals surface area contributed by atoms with Crippen molar-refractivity contribution in [1.29, 1.82) is 0 Å². The van der Waals surface area contributed by atoms with E-state index in [9.17, 15) is 27.0 Å². The third-order valence-corrected chi connectivity index (χ3v) is 3.09. The second-order valence-electron chi connectivity index (χ2n) is 3.63. The Balaban J connectivity index is 2.72. The second-order valence-corrected chi connectivity index (χ2v) is 5.77. The van der Waals surface area contributed by atoms with Crippen LogP contribution in [0.2, 0.25) is 0 Å². The third-order valence-electron chi connectivity index (χ3n) is 2.19. The highest BCUT2D eigenvalue weighted by molar-refractivity contribution is 7.81. The summed E-state index contributed by atoms with van der Waals surface area (Å²) in [6.45, 7) is -1.34. The molecule has 19 heavy (non-hydrogen) atoms. The zero-order valence-electron chi connectivity index (χ0n) is 9.19. The van der Waals surface area contributed by atoms with Gasteiger partial charge in [-0.05, 0) is 0 Å². The van der Waals surface area contributed by atoms with Crippen molar-refractivity contribution in [3.8, 4) is 0 Å². The van der Waals surface area contributed by atoms with Crippen molar-refractivity contribution in [2.45, 2.75) is 24.4 Å². The average molecular weight is 324 g/mol. The van der Waals surface area contributed by atoms with Crippen molar-refractivity contribution >= 4 is 20.8 Å². The fraction of sp³-hybridized carbons (Fsp3) is 1.00. The lowest BCUT2D eigenvalue weighted by atomic mass is 10.0. The summed E-state index contributed by atoms with van der Waals surface area (Å²) in [5.74, 6) is 0. The van der Waals surface area contributed by atoms with Crippen LogP contribution in [0.3, 0.4) is 0 Å². The van der Waals surface area contributed by atoms with Gasteiger partial charge in [0, 0.05) is 0 Å². The lowest BCUT2D eigenvalue weighted by Gasteiger charge is -2.36. The first-order valence-corrected chi connectivity index (χ1v) is 7.48. The van der Waals surface area contributed by atoms with Gasteiger partial charge in [-0.2, -0.15) is 16.8 Å². The molecule has 1 rings (SSSR count). The molecular weight excluding hydrogens is 312 g/mol. The molecule has 1 saturated heterocycles. The molecule has 1 heterocycles. The first kappa shape index (κ1) is 16.7. The van der Waals surface area contributed by atoms with Gasteiger partial charge in [0.1, 0.15) is 24.4 Å². The molecule has 114 valence electrons. The lowest BCUT2D eigenvalue weighted by molar-refractivity contribution is -0.185. The van der Waals surface area contributed by atoms with E-state index >= 15 is 0 Å². The summed E-state index contributed by atoms with van der Waals surface area (Å²) >= 11 is 0. The number of aliphatic hydroxyl groups excluding tert-OH is 2. The molecule has 0 aromatic heterocycles. The van der Waals surface area contributed by atoms with Gasteiger partial charge in [-0.25, -0.2) is 8.37 Å². The second kappa shape index (κ2) is 5.94. The third kappa shape index (κ3) is 5.64. The quantitative estimate of drug-likeness (QED) is 0.382. The van der Waals surface area contributed by atoms with Gasteiger partial charge >= 0.3 is 20.8 Å². The zero-order chi connectivity index (χ0) is 14.8. The van der Waals surface area contributed by atoms with Crippen molar-refractivity contribution in [2.24, 2.45) is 0 Å². The number of hydrogen-bond acceptors (Lipinski definition) is 9. The van der Waals surface area contributed by atoms with E-state index in [0.717, 1.165) is 0 Å². The highest BCUT2D eigenvalue weighted by Crippen LogP contribution is 2.20. The monoisotopic (exact) mass is 324 g/mol. The van der Waals surface area contributed by atoms with E-state index < -0.39 is 58.4 Å². The maximum Gasteiger partial charge on any atom is 0.397 e. The van der Waals surface area contributed by atoms with Gasteiger partial charge in [-0.3, -0.25) is 9.11 Å². The molecule has 0 saturated carbocycles. The smallest absolute Gasteiger partial charge is 0.388 e. The molecule has 1 fully saturated rings. The number of ether oxygens (including phenoxy) is 1. The van der Waals surface area contributed by atoms with Gasteiger partial charge in [0.05, 0.1) is 13.2 Å². The SMILES string of the molecule is O=S(=O)(O)OC[C@H]1OC[C@@H](O)[C@@H](OS(=O)(=O)O)[C@@H]1O. The molecule has 0 aromatic carbocycles. The standard InChI is InChI=1S/C6H12O11S2/c7-3-1-15-4(2-16-18(9,10)11)5(8)6(3)17-19(12,13)14/h3-8H,1-2H2,(H,9,10,11)(H,12,13,14)/t3-,4-,5-,6-/m1/s1. The van der Waals surface area contributed by atoms with Crippen LogP contribution < -0.4 is 0 Å². The first-order valence-electron chi connectivity index (χ1n) is 4.75. The predicted molar refractivity (Wildman–Crippen MR) is 55.7 cm³/mol. The molecule has 0 spiro atoms. The number of rotatable bonds is 5. The average Bonchev–Trinajstić information content (AvgIpc) is 2.20. The van der Waals surface area contributed by atoms with E-state index in [1.54, 1.807) is 0 Å². The van der Waals surface area contributed by atoms with Crippen molar-refractivity contribution < 1.29 is 49.3 Å². The van der Waals surface area contributed by atoms with E-state index in [1.165, 1.54) is 0 Å². The van der Waals surface area contributed by atoms with Crippen LogP contribution in [0.5, 0.6) is 0 Å². The Hall–Kier alpha value is -0.380. The van der Waals surface area contributed by atoms with Crippen LogP contribution in [0, 0.1) is 0 Å². The number of aliphatic hydroxyl groups is 2. The highest BCUT2D eigenvalue weighted by atomic mass is 32.3. The minimum Gasteiger partial charge on any atom is -0.388 e. The molecule has 4 atom stereocenters. The summed E-state index contributed by atoms with van der Waals surface area (Å²) in [5, 5.41) is 19.0. The highest BCUT2D eigenvalue weighted by Gasteiger charge is 2.42. The van der Waals surface area contributed by atoms with Crippen LogP contribution in [-0.2, 0) is 33.9 Å². The maximum atomic E-state index is 10.5. The fourth-order valence-electron chi connectivity index (χ4n) is 1.42. The zero-order valence-corrected chi connectivity index (χ0v) is 10.8. The van der Waals surface area contributed by atoms with Crippen LogP contribution in [0.15, 0.2) is 0 Å². The fourth-order valence-corrected chi connectivity index (χ4v) is 2.25. The molecule has 0 unspecified atom stereocenters. The van der Waals surface area contributed by atoms with E-state index in [0.29, 0.717) is 0 Å². The van der Waals surface area contributed by atoms with Crippen molar-refractivity contribution in [3.05, 3.63) is 0 Å². The molecule has 0 amide bonds. The van der Waals surface area contributed by atoms with Crippen LogP contribution in [0.4, 0.5) is 0 Å². The Morgan fingerprint density at radius 2 is 1.68 bits per heavy atom. The minimum atomic E-state index is -4.94. The van der Waals surface area contributed by atoms with Crippen LogP contribution >= 0.6 is 0 Å². The lowest BCUT2D eigenvalue weighted by Crippen LogP contribution is -2.56. The molecule has 1 aliphatic rings. The van der Waals surface area contributed by atoms with E-state index in [-0.39, 0.29) is 0 Å². The normalized spacial score (nSPS) is 33.3. The van der Waals surface area contributed by atoms with E-state index in [2.05, 4.69) is 8.37 Å². The molecule has 1 aliphatic heterocycles. The summed E-state index contributed by atoms with van der Waals surface area (Å²) in [4.78, 5) is 0. The summed E-state index contributed by atoms with van der Waals surface area (Å²) < 4.78 is 71.3. The minimum absolute atomic E-state index is 0.503. The Bertz CT molecular complexity index is 495. The van der Waals surface area contributed by atoms with Gasteiger partial charge in [0.25, 0.3) is 0 Å². The predicted octanol–water partition coefficient (Wildman–Crippen LogP) is -2.89. The first-order chi connectivity index (χ1) is 8.49. The van der Waals surface area contributed by atoms with Crippen molar-refractivity contribution in [2.75, 3.05) is 13.2 Å². The van der Waals surface area contributed by atoms with Crippen LogP contribution in [-0.4, -0.2) is 73.8 Å². The van der Waals surface area contributed by atoms with Crippen LogP contribution in [0.25, 0.3) is 0 Å². The molecule has 11 nitrogen and oxygen atoms in total. The Morgan fingerprint density at radius 1 is 1.11 bits per heavy atom. The summed E-state index contributed by atoms with van der Waals surface area (Å²) in [6.07, 6.45) is -6.54. The Kier molecular flexibility index (Phi) is 5.21. The van der Waals surface area contributed by atoms with Crippen LogP contribution in [0.1, 0.15) is 0 Å².